The molecule has 0 aliphatic heterocycles. The molecule has 2 heterocycles. The van der Waals surface area contributed by atoms with Crippen LogP contribution in [0.25, 0.3) is 0 Å². The van der Waals surface area contributed by atoms with E-state index < -0.39 is 0 Å². The van der Waals surface area contributed by atoms with Gasteiger partial charge in [0.05, 0.1) is 24.1 Å². The number of nitrogens with zero attached hydrogens (tertiary/aromatic N) is 4. The van der Waals surface area contributed by atoms with Crippen molar-refractivity contribution in [1.82, 2.24) is 19.9 Å². The molecule has 0 aliphatic carbocycles. The second kappa shape index (κ2) is 6.43. The third-order valence-electron chi connectivity index (χ3n) is 2.50. The SMILES string of the molecule is CCCc1nc(Cl)cc(NCc2cnc(C)cn2)n1. The van der Waals surface area contributed by atoms with Crippen molar-refractivity contribution >= 4 is 17.4 Å². The molecule has 0 amide bonds. The predicted octanol–water partition coefficient (Wildman–Crippen LogP) is 2.79. The normalized spacial score (nSPS) is 10.5. The van der Waals surface area contributed by atoms with Gasteiger partial charge in [-0.25, -0.2) is 9.97 Å². The average molecular weight is 278 g/mol. The van der Waals surface area contributed by atoms with Crippen LogP contribution < -0.4 is 5.32 Å². The van der Waals surface area contributed by atoms with Crippen LogP contribution in [-0.2, 0) is 13.0 Å². The third kappa shape index (κ3) is 4.13. The highest BCUT2D eigenvalue weighted by molar-refractivity contribution is 6.29. The topological polar surface area (TPSA) is 63.6 Å². The Morgan fingerprint density at radius 3 is 2.74 bits per heavy atom. The summed E-state index contributed by atoms with van der Waals surface area (Å²) in [6.07, 6.45) is 5.30. The van der Waals surface area contributed by atoms with E-state index in [1.165, 1.54) is 0 Å². The molecule has 2 aromatic heterocycles. The standard InChI is InChI=1S/C13H16ClN5/c1-3-4-12-18-11(14)5-13(19-12)17-8-10-7-15-9(2)6-16-10/h5-7H,3-4,8H2,1-2H3,(H,17,18,19). The monoisotopic (exact) mass is 277 g/mol. The molecule has 19 heavy (non-hydrogen) atoms. The number of hydrogen-bond donors (Lipinski definition) is 1. The Bertz CT molecular complexity index is 541. The van der Waals surface area contributed by atoms with Crippen molar-refractivity contribution < 1.29 is 0 Å². The molecule has 0 spiro atoms. The molecular weight excluding hydrogens is 262 g/mol. The molecule has 1 N–H and O–H groups in total. The van der Waals surface area contributed by atoms with Gasteiger partial charge in [0.15, 0.2) is 0 Å². The zero-order valence-electron chi connectivity index (χ0n) is 11.0. The first kappa shape index (κ1) is 13.7. The van der Waals surface area contributed by atoms with Crippen LogP contribution in [0.15, 0.2) is 18.5 Å². The smallest absolute Gasteiger partial charge is 0.134 e. The second-order valence-corrected chi connectivity index (χ2v) is 4.63. The van der Waals surface area contributed by atoms with Gasteiger partial charge in [0.2, 0.25) is 0 Å². The van der Waals surface area contributed by atoms with Gasteiger partial charge >= 0.3 is 0 Å². The Hall–Kier alpha value is -1.75. The molecule has 2 rings (SSSR count). The first-order valence-corrected chi connectivity index (χ1v) is 6.60. The number of anilines is 1. The van der Waals surface area contributed by atoms with Gasteiger partial charge in [-0.1, -0.05) is 18.5 Å². The quantitative estimate of drug-likeness (QED) is 0.852. The lowest BCUT2D eigenvalue weighted by Crippen LogP contribution is -2.06. The Morgan fingerprint density at radius 2 is 2.05 bits per heavy atom. The fourth-order valence-corrected chi connectivity index (χ4v) is 1.78. The summed E-state index contributed by atoms with van der Waals surface area (Å²) < 4.78 is 0. The van der Waals surface area contributed by atoms with Crippen molar-refractivity contribution in [2.45, 2.75) is 33.2 Å². The van der Waals surface area contributed by atoms with Gasteiger partial charge in [0, 0.05) is 18.7 Å². The molecule has 0 saturated carbocycles. The van der Waals surface area contributed by atoms with Crippen LogP contribution in [-0.4, -0.2) is 19.9 Å². The van der Waals surface area contributed by atoms with E-state index in [4.69, 9.17) is 11.6 Å². The second-order valence-electron chi connectivity index (χ2n) is 4.24. The molecule has 0 saturated heterocycles. The summed E-state index contributed by atoms with van der Waals surface area (Å²) >= 11 is 5.97. The summed E-state index contributed by atoms with van der Waals surface area (Å²) in [5.41, 5.74) is 1.76. The van der Waals surface area contributed by atoms with Crippen LogP contribution >= 0.6 is 11.6 Å². The van der Waals surface area contributed by atoms with Crippen molar-refractivity contribution in [3.63, 3.8) is 0 Å². The number of nitrogens with one attached hydrogen (secondary N) is 1. The van der Waals surface area contributed by atoms with Gasteiger partial charge in [-0.15, -0.1) is 0 Å². The van der Waals surface area contributed by atoms with Gasteiger partial charge in [-0.3, -0.25) is 9.97 Å². The predicted molar refractivity (Wildman–Crippen MR) is 75.1 cm³/mol. The minimum Gasteiger partial charge on any atom is -0.364 e. The van der Waals surface area contributed by atoms with Crippen molar-refractivity contribution in [1.29, 1.82) is 0 Å². The first-order valence-electron chi connectivity index (χ1n) is 6.22. The van der Waals surface area contributed by atoms with Crippen LogP contribution in [0, 0.1) is 6.92 Å². The molecule has 2 aromatic rings. The van der Waals surface area contributed by atoms with E-state index in [1.807, 2.05) is 6.92 Å². The molecule has 0 aliphatic rings. The molecule has 0 atom stereocenters. The van der Waals surface area contributed by atoms with Crippen LogP contribution in [0.4, 0.5) is 5.82 Å². The van der Waals surface area contributed by atoms with E-state index in [9.17, 15) is 0 Å². The number of aryl methyl sites for hydroxylation is 2. The maximum absolute atomic E-state index is 5.97. The summed E-state index contributed by atoms with van der Waals surface area (Å²) in [4.78, 5) is 17.0. The van der Waals surface area contributed by atoms with E-state index >= 15 is 0 Å². The fraction of sp³-hybridized carbons (Fsp3) is 0.385. The summed E-state index contributed by atoms with van der Waals surface area (Å²) in [5.74, 6) is 1.47. The summed E-state index contributed by atoms with van der Waals surface area (Å²) in [6.45, 7) is 4.55. The molecule has 5 nitrogen and oxygen atoms in total. The van der Waals surface area contributed by atoms with E-state index in [0.717, 1.165) is 30.1 Å². The molecule has 100 valence electrons. The molecule has 0 fully saturated rings. The van der Waals surface area contributed by atoms with E-state index in [-0.39, 0.29) is 0 Å². The lowest BCUT2D eigenvalue weighted by atomic mass is 10.3. The largest absolute Gasteiger partial charge is 0.364 e. The fourth-order valence-electron chi connectivity index (χ4n) is 1.58. The van der Waals surface area contributed by atoms with Crippen LogP contribution in [0.1, 0.15) is 30.6 Å². The van der Waals surface area contributed by atoms with Gasteiger partial charge in [-0.05, 0) is 13.3 Å². The van der Waals surface area contributed by atoms with E-state index in [2.05, 4.69) is 32.2 Å². The minimum absolute atomic E-state index is 0.455. The van der Waals surface area contributed by atoms with Gasteiger partial charge in [0.25, 0.3) is 0 Å². The van der Waals surface area contributed by atoms with Crippen LogP contribution in [0.5, 0.6) is 0 Å². The van der Waals surface area contributed by atoms with Gasteiger partial charge < -0.3 is 5.32 Å². The lowest BCUT2D eigenvalue weighted by Gasteiger charge is -2.07. The number of aromatic nitrogens is 4. The van der Waals surface area contributed by atoms with Crippen molar-refractivity contribution in [3.8, 4) is 0 Å². The number of hydrogen-bond acceptors (Lipinski definition) is 5. The molecule has 6 heteroatoms. The average Bonchev–Trinajstić information content (AvgIpc) is 2.38. The van der Waals surface area contributed by atoms with Gasteiger partial charge in [0.1, 0.15) is 16.8 Å². The molecular formula is C13H16ClN5. The summed E-state index contributed by atoms with van der Waals surface area (Å²) in [5, 5.41) is 3.64. The highest BCUT2D eigenvalue weighted by Crippen LogP contribution is 2.13. The Labute approximate surface area is 117 Å². The summed E-state index contributed by atoms with van der Waals surface area (Å²) in [6, 6.07) is 1.71. The maximum atomic E-state index is 5.97. The summed E-state index contributed by atoms with van der Waals surface area (Å²) in [7, 11) is 0. The zero-order valence-corrected chi connectivity index (χ0v) is 11.8. The van der Waals surface area contributed by atoms with Crippen molar-refractivity contribution in [2.75, 3.05) is 5.32 Å². The molecule has 0 radical (unpaired) electrons. The van der Waals surface area contributed by atoms with E-state index in [1.54, 1.807) is 18.5 Å². The van der Waals surface area contributed by atoms with Gasteiger partial charge in [-0.2, -0.15) is 0 Å². The zero-order chi connectivity index (χ0) is 13.7. The first-order chi connectivity index (χ1) is 9.17. The number of rotatable bonds is 5. The Kier molecular flexibility index (Phi) is 4.63. The van der Waals surface area contributed by atoms with E-state index in [0.29, 0.717) is 17.5 Å². The van der Waals surface area contributed by atoms with Crippen molar-refractivity contribution in [3.05, 3.63) is 40.8 Å². The molecule has 0 unspecified atom stereocenters. The third-order valence-corrected chi connectivity index (χ3v) is 2.69. The maximum Gasteiger partial charge on any atom is 0.134 e. The highest BCUT2D eigenvalue weighted by atomic mass is 35.5. The van der Waals surface area contributed by atoms with Crippen molar-refractivity contribution in [2.24, 2.45) is 0 Å². The highest BCUT2D eigenvalue weighted by Gasteiger charge is 2.03. The molecule has 0 aromatic carbocycles. The Morgan fingerprint density at radius 1 is 1.21 bits per heavy atom. The minimum atomic E-state index is 0.455. The Balaban J connectivity index is 2.04. The number of halogens is 1. The lowest BCUT2D eigenvalue weighted by molar-refractivity contribution is 0.832. The van der Waals surface area contributed by atoms with Crippen LogP contribution in [0.2, 0.25) is 5.15 Å². The molecule has 0 bridgehead atoms. The van der Waals surface area contributed by atoms with Crippen LogP contribution in [0.3, 0.4) is 0 Å².